The lowest BCUT2D eigenvalue weighted by Crippen LogP contribution is -2.13. The van der Waals surface area contributed by atoms with Crippen LogP contribution in [0.3, 0.4) is 0 Å². The third-order valence-corrected chi connectivity index (χ3v) is 3.15. The van der Waals surface area contributed by atoms with Crippen LogP contribution in [0.25, 0.3) is 10.9 Å². The van der Waals surface area contributed by atoms with Crippen molar-refractivity contribution in [2.24, 2.45) is 5.73 Å². The van der Waals surface area contributed by atoms with E-state index in [-0.39, 0.29) is 4.99 Å². The zero-order chi connectivity index (χ0) is 13.9. The maximum atomic E-state index is 5.70. The molecule has 2 heterocycles. The molecule has 98 valence electrons. The van der Waals surface area contributed by atoms with Crippen LogP contribution in [0.4, 0.5) is 11.4 Å². The number of anilines is 2. The summed E-state index contributed by atoms with van der Waals surface area (Å²) >= 11 is 5.02. The number of nitrogens with one attached hydrogen (secondary N) is 1. The van der Waals surface area contributed by atoms with Crippen molar-refractivity contribution in [3.63, 3.8) is 0 Å². The molecule has 0 radical (unpaired) electrons. The van der Waals surface area contributed by atoms with E-state index in [4.69, 9.17) is 18.0 Å². The summed E-state index contributed by atoms with van der Waals surface area (Å²) in [7, 11) is 0. The fourth-order valence-electron chi connectivity index (χ4n) is 2.06. The second-order valence-electron chi connectivity index (χ2n) is 4.26. The summed E-state index contributed by atoms with van der Waals surface area (Å²) in [5.41, 5.74) is 8.95. The second kappa shape index (κ2) is 5.22. The molecule has 3 N–H and O–H groups in total. The van der Waals surface area contributed by atoms with E-state index in [0.717, 1.165) is 22.3 Å². The number of hydrogen-bond donors (Lipinski definition) is 2. The quantitative estimate of drug-likeness (QED) is 0.722. The van der Waals surface area contributed by atoms with Crippen LogP contribution < -0.4 is 11.1 Å². The van der Waals surface area contributed by atoms with E-state index in [9.17, 15) is 0 Å². The lowest BCUT2D eigenvalue weighted by molar-refractivity contribution is 1.29. The summed E-state index contributed by atoms with van der Waals surface area (Å²) in [5, 5.41) is 4.36. The van der Waals surface area contributed by atoms with Gasteiger partial charge in [0.2, 0.25) is 0 Å². The van der Waals surface area contributed by atoms with E-state index in [1.165, 1.54) is 0 Å². The van der Waals surface area contributed by atoms with Crippen molar-refractivity contribution >= 4 is 39.5 Å². The van der Waals surface area contributed by atoms with Crippen LogP contribution in [0.1, 0.15) is 5.69 Å². The highest BCUT2D eigenvalue weighted by atomic mass is 32.1. The lowest BCUT2D eigenvalue weighted by atomic mass is 10.1. The first-order valence-corrected chi connectivity index (χ1v) is 6.52. The van der Waals surface area contributed by atoms with Crippen molar-refractivity contribution in [3.8, 4) is 0 Å². The molecule has 2 aromatic heterocycles. The minimum absolute atomic E-state index is 0.270. The van der Waals surface area contributed by atoms with E-state index in [0.29, 0.717) is 5.69 Å². The normalized spacial score (nSPS) is 10.4. The summed E-state index contributed by atoms with van der Waals surface area (Å²) in [4.78, 5) is 8.81. The minimum atomic E-state index is 0.270. The number of nitrogens with zero attached hydrogens (tertiary/aromatic N) is 2. The third kappa shape index (κ3) is 2.31. The van der Waals surface area contributed by atoms with Gasteiger partial charge < -0.3 is 11.1 Å². The Bertz CT molecular complexity index is 780. The highest BCUT2D eigenvalue weighted by molar-refractivity contribution is 7.80. The maximum Gasteiger partial charge on any atom is 0.124 e. The number of nitrogens with two attached hydrogens (primary N) is 1. The van der Waals surface area contributed by atoms with Gasteiger partial charge >= 0.3 is 0 Å². The van der Waals surface area contributed by atoms with Crippen LogP contribution in [0.5, 0.6) is 0 Å². The highest BCUT2D eigenvalue weighted by Crippen LogP contribution is 2.26. The molecule has 0 aliphatic carbocycles. The van der Waals surface area contributed by atoms with E-state index >= 15 is 0 Å². The molecule has 3 rings (SSSR count). The Balaban J connectivity index is 2.08. The Morgan fingerprint density at radius 2 is 1.70 bits per heavy atom. The average Bonchev–Trinajstić information content (AvgIpc) is 2.48. The number of thiocarbonyl (C=S) groups is 1. The van der Waals surface area contributed by atoms with Gasteiger partial charge in [-0.1, -0.05) is 18.3 Å². The monoisotopic (exact) mass is 280 g/mol. The number of hydrogen-bond acceptors (Lipinski definition) is 4. The highest BCUT2D eigenvalue weighted by Gasteiger charge is 2.08. The van der Waals surface area contributed by atoms with Crippen LogP contribution in [0.2, 0.25) is 0 Å². The molecule has 20 heavy (non-hydrogen) atoms. The molecule has 0 saturated heterocycles. The van der Waals surface area contributed by atoms with Gasteiger partial charge in [-0.3, -0.25) is 9.97 Å². The fraction of sp³-hybridized carbons (Fsp3) is 0. The van der Waals surface area contributed by atoms with Crippen molar-refractivity contribution in [2.45, 2.75) is 0 Å². The van der Waals surface area contributed by atoms with Gasteiger partial charge in [-0.2, -0.15) is 0 Å². The zero-order valence-corrected chi connectivity index (χ0v) is 11.4. The number of rotatable bonds is 3. The largest absolute Gasteiger partial charge is 0.388 e. The van der Waals surface area contributed by atoms with Crippen LogP contribution in [0.15, 0.2) is 54.9 Å². The lowest BCUT2D eigenvalue weighted by Gasteiger charge is -2.12. The number of pyridine rings is 2. The molecule has 0 fully saturated rings. The smallest absolute Gasteiger partial charge is 0.124 e. The van der Waals surface area contributed by atoms with Crippen LogP contribution in [0, 0.1) is 0 Å². The third-order valence-electron chi connectivity index (χ3n) is 2.96. The number of benzene rings is 1. The van der Waals surface area contributed by atoms with Gasteiger partial charge in [-0.15, -0.1) is 0 Å². The summed E-state index contributed by atoms with van der Waals surface area (Å²) in [5.74, 6) is 0. The Hall–Kier alpha value is -2.53. The van der Waals surface area contributed by atoms with Gasteiger partial charge in [0, 0.05) is 23.5 Å². The molecule has 0 spiro atoms. The topological polar surface area (TPSA) is 63.8 Å². The molecule has 1 aromatic carbocycles. The first-order chi connectivity index (χ1) is 9.75. The Labute approximate surface area is 121 Å². The predicted octanol–water partition coefficient (Wildman–Crippen LogP) is 3.01. The molecule has 4 nitrogen and oxygen atoms in total. The number of aromatic nitrogens is 2. The average molecular weight is 280 g/mol. The molecule has 0 unspecified atom stereocenters. The van der Waals surface area contributed by atoms with Gasteiger partial charge in [0.25, 0.3) is 0 Å². The minimum Gasteiger partial charge on any atom is -0.388 e. The van der Waals surface area contributed by atoms with Crippen LogP contribution in [-0.4, -0.2) is 15.0 Å². The maximum absolute atomic E-state index is 5.70. The van der Waals surface area contributed by atoms with Crippen molar-refractivity contribution in [2.75, 3.05) is 5.32 Å². The van der Waals surface area contributed by atoms with Gasteiger partial charge in [-0.25, -0.2) is 0 Å². The molecule has 0 aliphatic rings. The van der Waals surface area contributed by atoms with E-state index < -0.39 is 0 Å². The van der Waals surface area contributed by atoms with E-state index in [2.05, 4.69) is 15.3 Å². The Morgan fingerprint density at radius 3 is 2.55 bits per heavy atom. The van der Waals surface area contributed by atoms with Gasteiger partial charge in [0.15, 0.2) is 0 Å². The molecule has 0 atom stereocenters. The molecule has 3 aromatic rings. The predicted molar refractivity (Wildman–Crippen MR) is 85.2 cm³/mol. The first-order valence-electron chi connectivity index (χ1n) is 6.11. The molecule has 0 saturated carbocycles. The van der Waals surface area contributed by atoms with Crippen LogP contribution >= 0.6 is 12.2 Å². The molecular formula is C15H12N4S. The second-order valence-corrected chi connectivity index (χ2v) is 4.70. The fourth-order valence-corrected chi connectivity index (χ4v) is 2.22. The molecule has 0 aliphatic heterocycles. The summed E-state index contributed by atoms with van der Waals surface area (Å²) < 4.78 is 0. The molecular weight excluding hydrogens is 268 g/mol. The van der Waals surface area contributed by atoms with Crippen LogP contribution in [-0.2, 0) is 0 Å². The van der Waals surface area contributed by atoms with E-state index in [1.807, 2.05) is 42.5 Å². The van der Waals surface area contributed by atoms with Gasteiger partial charge in [0.1, 0.15) is 10.7 Å². The first kappa shape index (κ1) is 12.5. The van der Waals surface area contributed by atoms with Gasteiger partial charge in [-0.05, 0) is 36.4 Å². The van der Waals surface area contributed by atoms with Crippen molar-refractivity contribution in [1.29, 1.82) is 0 Å². The Morgan fingerprint density at radius 1 is 0.950 bits per heavy atom. The number of fused-ring (bicyclic) bond motifs is 1. The van der Waals surface area contributed by atoms with Crippen molar-refractivity contribution < 1.29 is 0 Å². The molecule has 0 bridgehead atoms. The van der Waals surface area contributed by atoms with E-state index in [1.54, 1.807) is 12.4 Å². The summed E-state index contributed by atoms with van der Waals surface area (Å²) in [6, 6.07) is 13.6. The SMILES string of the molecule is NC(=S)c1ncccc1Nc1cccc2ncccc12. The molecule has 5 heteroatoms. The standard InChI is InChI=1S/C15H12N4S/c16-15(20)14-13(7-3-9-18-14)19-12-6-1-5-11-10(12)4-2-8-17-11/h1-9,19H,(H2,16,20). The van der Waals surface area contributed by atoms with Crippen molar-refractivity contribution in [3.05, 3.63) is 60.6 Å². The zero-order valence-electron chi connectivity index (χ0n) is 10.6. The van der Waals surface area contributed by atoms with Crippen molar-refractivity contribution in [1.82, 2.24) is 9.97 Å². The summed E-state index contributed by atoms with van der Waals surface area (Å²) in [6.07, 6.45) is 3.45. The van der Waals surface area contributed by atoms with Gasteiger partial charge in [0.05, 0.1) is 11.2 Å². The molecule has 0 amide bonds. The summed E-state index contributed by atoms with van der Waals surface area (Å²) in [6.45, 7) is 0. The Kier molecular flexibility index (Phi) is 3.26.